The predicted octanol–water partition coefficient (Wildman–Crippen LogP) is 3.69. The van der Waals surface area contributed by atoms with Crippen LogP contribution >= 0.6 is 0 Å². The minimum Gasteiger partial charge on any atom is -0.368 e. The van der Waals surface area contributed by atoms with E-state index in [-0.39, 0.29) is 30.2 Å². The monoisotopic (exact) mass is 422 g/mol. The smallest absolute Gasteiger partial charge is 0.368 e. The Labute approximate surface area is 159 Å². The largest absolute Gasteiger partial charge is 0.416 e. The zero-order valence-electron chi connectivity index (χ0n) is 14.4. The molecular weight excluding hydrogens is 409 g/mol. The number of alkyl halides is 6. The van der Waals surface area contributed by atoms with E-state index in [1.54, 1.807) is 0 Å². The topological polar surface area (TPSA) is 72.2 Å². The number of amides is 2. The number of rotatable bonds is 5. The summed E-state index contributed by atoms with van der Waals surface area (Å²) in [6.07, 6.45) is -10.6. The fraction of sp³-hybridized carbons (Fsp3) is 0.222. The Hall–Kier alpha value is -3.11. The van der Waals surface area contributed by atoms with Gasteiger partial charge in [0.2, 0.25) is 5.91 Å². The number of carbonyl (C=O) groups is 2. The second-order valence-electron chi connectivity index (χ2n) is 6.06. The summed E-state index contributed by atoms with van der Waals surface area (Å²) in [6, 6.07) is 3.69. The minimum atomic E-state index is -5.14. The number of carbonyl (C=O) groups excluding carboxylic acids is 2. The molecule has 11 heteroatoms. The Kier molecular flexibility index (Phi) is 6.19. The van der Waals surface area contributed by atoms with Gasteiger partial charge in [-0.1, -0.05) is 12.1 Å². The fourth-order valence-corrected chi connectivity index (χ4v) is 2.45. The number of nitrogens with one attached hydrogen (secondary N) is 1. The molecule has 156 valence electrons. The lowest BCUT2D eigenvalue weighted by Crippen LogP contribution is -2.46. The van der Waals surface area contributed by atoms with E-state index in [1.165, 1.54) is 12.1 Å². The Morgan fingerprint density at radius 2 is 1.48 bits per heavy atom. The van der Waals surface area contributed by atoms with E-state index in [9.17, 15) is 40.3 Å². The van der Waals surface area contributed by atoms with Crippen LogP contribution in [0.2, 0.25) is 0 Å². The van der Waals surface area contributed by atoms with Gasteiger partial charge in [-0.25, -0.2) is 4.39 Å². The Bertz CT molecular complexity index is 891. The molecule has 1 atom stereocenters. The fourth-order valence-electron chi connectivity index (χ4n) is 2.45. The van der Waals surface area contributed by atoms with Crippen LogP contribution in [0.3, 0.4) is 0 Å². The molecule has 0 fully saturated rings. The van der Waals surface area contributed by atoms with Gasteiger partial charge in [-0.05, 0) is 35.9 Å². The molecule has 2 aromatic rings. The third-order valence-electron chi connectivity index (χ3n) is 3.83. The highest BCUT2D eigenvalue weighted by atomic mass is 19.4. The number of benzene rings is 2. The van der Waals surface area contributed by atoms with Crippen molar-refractivity contribution in [2.24, 2.45) is 5.73 Å². The second kappa shape index (κ2) is 8.10. The maximum absolute atomic E-state index is 13.2. The quantitative estimate of drug-likeness (QED) is 0.722. The molecule has 2 aromatic carbocycles. The first-order chi connectivity index (χ1) is 13.3. The second-order valence-corrected chi connectivity index (χ2v) is 6.06. The summed E-state index contributed by atoms with van der Waals surface area (Å²) in [6.45, 7) is 0. The third-order valence-corrected chi connectivity index (χ3v) is 3.83. The molecule has 0 heterocycles. The highest BCUT2D eigenvalue weighted by Gasteiger charge is 2.37. The molecule has 0 radical (unpaired) electrons. The molecule has 0 aliphatic rings. The summed E-state index contributed by atoms with van der Waals surface area (Å²) < 4.78 is 90.7. The Morgan fingerprint density at radius 3 is 1.93 bits per heavy atom. The molecule has 4 nitrogen and oxygen atoms in total. The number of hydrogen-bond acceptors (Lipinski definition) is 2. The summed E-state index contributed by atoms with van der Waals surface area (Å²) >= 11 is 0. The van der Waals surface area contributed by atoms with Crippen LogP contribution in [-0.2, 0) is 23.6 Å². The van der Waals surface area contributed by atoms with Gasteiger partial charge in [0.25, 0.3) is 5.91 Å². The van der Waals surface area contributed by atoms with Crippen molar-refractivity contribution >= 4 is 11.8 Å². The number of primary amides is 1. The normalized spacial score (nSPS) is 13.1. The van der Waals surface area contributed by atoms with Crippen LogP contribution < -0.4 is 11.1 Å². The zero-order chi connectivity index (χ0) is 22.0. The van der Waals surface area contributed by atoms with E-state index in [1.807, 2.05) is 5.32 Å². The van der Waals surface area contributed by atoms with Crippen LogP contribution in [-0.4, -0.2) is 17.9 Å². The molecule has 0 bridgehead atoms. The van der Waals surface area contributed by atoms with E-state index in [2.05, 4.69) is 0 Å². The van der Waals surface area contributed by atoms with E-state index in [4.69, 9.17) is 5.73 Å². The third kappa shape index (κ3) is 5.93. The van der Waals surface area contributed by atoms with Gasteiger partial charge in [-0.15, -0.1) is 0 Å². The van der Waals surface area contributed by atoms with Crippen molar-refractivity contribution in [1.82, 2.24) is 5.32 Å². The van der Waals surface area contributed by atoms with Crippen molar-refractivity contribution in [2.45, 2.75) is 24.8 Å². The van der Waals surface area contributed by atoms with Crippen LogP contribution in [0.1, 0.15) is 27.0 Å². The van der Waals surface area contributed by atoms with E-state index in [0.717, 1.165) is 12.1 Å². The van der Waals surface area contributed by atoms with E-state index in [0.29, 0.717) is 0 Å². The lowest BCUT2D eigenvalue weighted by Gasteiger charge is -2.18. The van der Waals surface area contributed by atoms with Crippen LogP contribution in [0.4, 0.5) is 30.7 Å². The lowest BCUT2D eigenvalue weighted by molar-refractivity contribution is -0.143. The average Bonchev–Trinajstić information content (AvgIpc) is 2.59. The molecule has 0 saturated heterocycles. The first-order valence-corrected chi connectivity index (χ1v) is 7.91. The molecule has 29 heavy (non-hydrogen) atoms. The molecule has 0 aromatic heterocycles. The molecule has 2 rings (SSSR count). The van der Waals surface area contributed by atoms with Crippen LogP contribution in [0.5, 0.6) is 0 Å². The van der Waals surface area contributed by atoms with Gasteiger partial charge in [0.15, 0.2) is 0 Å². The molecule has 0 aliphatic heterocycles. The van der Waals surface area contributed by atoms with Crippen molar-refractivity contribution in [3.05, 3.63) is 70.5 Å². The highest BCUT2D eigenvalue weighted by Crippen LogP contribution is 2.36. The predicted molar refractivity (Wildman–Crippen MR) is 87.0 cm³/mol. The molecule has 0 saturated carbocycles. The van der Waals surface area contributed by atoms with Gasteiger partial charge in [-0.3, -0.25) is 9.59 Å². The molecule has 2 amide bonds. The van der Waals surface area contributed by atoms with Crippen molar-refractivity contribution in [2.75, 3.05) is 0 Å². The number of hydrogen-bond donors (Lipinski definition) is 2. The van der Waals surface area contributed by atoms with Crippen LogP contribution in [0, 0.1) is 5.82 Å². The number of nitrogens with two attached hydrogens (primary N) is 1. The first kappa shape index (κ1) is 22.2. The summed E-state index contributed by atoms with van der Waals surface area (Å²) in [7, 11) is 0. The maximum Gasteiger partial charge on any atom is 0.416 e. The Morgan fingerprint density at radius 1 is 0.931 bits per heavy atom. The van der Waals surface area contributed by atoms with Crippen molar-refractivity contribution in [1.29, 1.82) is 0 Å². The summed E-state index contributed by atoms with van der Waals surface area (Å²) in [5.74, 6) is -3.13. The summed E-state index contributed by atoms with van der Waals surface area (Å²) in [5, 5.41) is 1.99. The van der Waals surface area contributed by atoms with Crippen molar-refractivity contribution in [3.63, 3.8) is 0 Å². The molecule has 0 unspecified atom stereocenters. The molecule has 3 N–H and O–H groups in total. The summed E-state index contributed by atoms with van der Waals surface area (Å²) in [5.41, 5.74) is 1.05. The van der Waals surface area contributed by atoms with Gasteiger partial charge in [0.05, 0.1) is 11.1 Å². The Balaban J connectivity index is 2.35. The lowest BCUT2D eigenvalue weighted by atomic mass is 10.0. The average molecular weight is 422 g/mol. The van der Waals surface area contributed by atoms with Gasteiger partial charge in [0, 0.05) is 12.0 Å². The van der Waals surface area contributed by atoms with Crippen molar-refractivity contribution < 1.29 is 40.3 Å². The number of halogens is 7. The van der Waals surface area contributed by atoms with Gasteiger partial charge in [0.1, 0.15) is 11.9 Å². The molecular formula is C18H13F7N2O2. The first-order valence-electron chi connectivity index (χ1n) is 7.91. The molecule has 0 aliphatic carbocycles. The zero-order valence-corrected chi connectivity index (χ0v) is 14.4. The van der Waals surface area contributed by atoms with Crippen LogP contribution in [0.25, 0.3) is 0 Å². The van der Waals surface area contributed by atoms with Crippen LogP contribution in [0.15, 0.2) is 42.5 Å². The molecule has 0 spiro atoms. The minimum absolute atomic E-state index is 0.130. The standard InChI is InChI=1S/C18H13F7N2O2/c19-13-3-1-2-9(4-13)5-14(15(26)28)27-16(29)10-6-11(17(20,21)22)8-12(7-10)18(23,24)25/h1-4,6-8,14H,5H2,(H2,26,28)(H,27,29)/t14-/m1/s1. The van der Waals surface area contributed by atoms with E-state index >= 15 is 0 Å². The highest BCUT2D eigenvalue weighted by molar-refractivity contribution is 5.97. The van der Waals surface area contributed by atoms with Gasteiger partial charge in [-0.2, -0.15) is 26.3 Å². The SMILES string of the molecule is NC(=O)[C@@H](Cc1cccc(F)c1)NC(=O)c1cc(C(F)(F)F)cc(C(F)(F)F)c1. The maximum atomic E-state index is 13.2. The van der Waals surface area contributed by atoms with Gasteiger partial charge >= 0.3 is 12.4 Å². The van der Waals surface area contributed by atoms with Gasteiger partial charge < -0.3 is 11.1 Å². The van der Waals surface area contributed by atoms with E-state index < -0.39 is 52.7 Å². The summed E-state index contributed by atoms with van der Waals surface area (Å²) in [4.78, 5) is 23.8. The van der Waals surface area contributed by atoms with Crippen molar-refractivity contribution in [3.8, 4) is 0 Å².